The van der Waals surface area contributed by atoms with Crippen molar-refractivity contribution < 1.29 is 19.4 Å². The number of nitrogens with one attached hydrogen (secondary N) is 1. The van der Waals surface area contributed by atoms with Crippen molar-refractivity contribution in [2.24, 2.45) is 11.8 Å². The van der Waals surface area contributed by atoms with Gasteiger partial charge in [-0.3, -0.25) is 14.5 Å². The minimum Gasteiger partial charge on any atom is -0.486 e. The number of anilines is 1. The number of aliphatic hydroxyl groups excluding tert-OH is 1. The highest BCUT2D eigenvalue weighted by molar-refractivity contribution is 6.02. The number of benzene rings is 3. The smallest absolute Gasteiger partial charge is 0.258 e. The van der Waals surface area contributed by atoms with E-state index in [1.165, 1.54) is 23.1 Å². The van der Waals surface area contributed by atoms with E-state index in [1.54, 1.807) is 17.0 Å². The summed E-state index contributed by atoms with van der Waals surface area (Å²) in [6, 6.07) is 24.0. The summed E-state index contributed by atoms with van der Waals surface area (Å²) >= 11 is 0. The standard InChI is InChI=1S/C36H45N3O4/c1-25-21-39(26(2)24-40)36(42)31-15-10-16-32(37-35(41)30-13-8-5-9-14-30)34(31)43-33(25)23-38(3)22-27-17-19-29(20-18-27)28-11-6-4-7-12-28/h4,6-7,10-12,15-20,25-26,30,33,40H,5,8-9,13-14,21-24H2,1-3H3,(H,37,41)/t25-,26-,33+/m1/s1. The zero-order valence-electron chi connectivity index (χ0n) is 25.7. The molecule has 1 heterocycles. The van der Waals surface area contributed by atoms with Crippen LogP contribution in [0.15, 0.2) is 72.8 Å². The minimum absolute atomic E-state index is 0.00698. The SMILES string of the molecule is C[C@@H]1CN([C@H](C)CO)C(=O)c2cccc(NC(=O)C3CCCCC3)c2O[C@H]1CN(C)Cc1ccc(-c2ccccc2)cc1. The maximum Gasteiger partial charge on any atom is 0.258 e. The summed E-state index contributed by atoms with van der Waals surface area (Å²) in [5, 5.41) is 13.1. The monoisotopic (exact) mass is 583 g/mol. The van der Waals surface area contributed by atoms with Crippen LogP contribution in [0.25, 0.3) is 11.1 Å². The molecule has 0 saturated heterocycles. The van der Waals surface area contributed by atoms with Gasteiger partial charge in [-0.25, -0.2) is 0 Å². The molecule has 5 rings (SSSR count). The maximum atomic E-state index is 13.8. The Hall–Kier alpha value is -3.68. The van der Waals surface area contributed by atoms with Gasteiger partial charge in [0.15, 0.2) is 5.75 Å². The lowest BCUT2D eigenvalue weighted by Crippen LogP contribution is -2.49. The molecular formula is C36H45N3O4. The van der Waals surface area contributed by atoms with Crippen molar-refractivity contribution in [2.45, 2.75) is 64.6 Å². The number of carbonyl (C=O) groups excluding carboxylic acids is 2. The molecule has 1 aliphatic carbocycles. The summed E-state index contributed by atoms with van der Waals surface area (Å²) in [6.07, 6.45) is 4.83. The van der Waals surface area contributed by atoms with Crippen LogP contribution < -0.4 is 10.1 Å². The van der Waals surface area contributed by atoms with Gasteiger partial charge in [-0.15, -0.1) is 0 Å². The Balaban J connectivity index is 1.37. The lowest BCUT2D eigenvalue weighted by atomic mass is 9.88. The first-order valence-electron chi connectivity index (χ1n) is 15.7. The van der Waals surface area contributed by atoms with Crippen LogP contribution >= 0.6 is 0 Å². The van der Waals surface area contributed by atoms with Gasteiger partial charge in [0.2, 0.25) is 5.91 Å². The molecule has 0 bridgehead atoms. The molecule has 3 aromatic rings. The fourth-order valence-corrected chi connectivity index (χ4v) is 6.28. The van der Waals surface area contributed by atoms with E-state index < -0.39 is 0 Å². The van der Waals surface area contributed by atoms with Crippen molar-refractivity contribution in [3.63, 3.8) is 0 Å². The van der Waals surface area contributed by atoms with Crippen molar-refractivity contribution in [3.8, 4) is 16.9 Å². The molecule has 3 aromatic carbocycles. The number of likely N-dealkylation sites (N-methyl/N-ethyl adjacent to an activating group) is 1. The molecule has 0 radical (unpaired) electrons. The predicted molar refractivity (Wildman–Crippen MR) is 171 cm³/mol. The molecular weight excluding hydrogens is 538 g/mol. The maximum absolute atomic E-state index is 13.8. The zero-order valence-corrected chi connectivity index (χ0v) is 25.7. The van der Waals surface area contributed by atoms with E-state index in [9.17, 15) is 14.7 Å². The van der Waals surface area contributed by atoms with Gasteiger partial charge >= 0.3 is 0 Å². The first-order valence-corrected chi connectivity index (χ1v) is 15.7. The minimum atomic E-state index is -0.345. The number of aliphatic hydroxyl groups is 1. The quantitative estimate of drug-likeness (QED) is 0.312. The predicted octanol–water partition coefficient (Wildman–Crippen LogP) is 6.22. The summed E-state index contributed by atoms with van der Waals surface area (Å²) in [7, 11) is 2.08. The average Bonchev–Trinajstić information content (AvgIpc) is 3.03. The van der Waals surface area contributed by atoms with Crippen LogP contribution in [0, 0.1) is 11.8 Å². The van der Waals surface area contributed by atoms with Crippen molar-refractivity contribution >= 4 is 17.5 Å². The topological polar surface area (TPSA) is 82.1 Å². The van der Waals surface area contributed by atoms with Gasteiger partial charge < -0.3 is 20.1 Å². The van der Waals surface area contributed by atoms with E-state index in [2.05, 4.69) is 60.6 Å². The molecule has 43 heavy (non-hydrogen) atoms. The normalized spacial score (nSPS) is 20.1. The Morgan fingerprint density at radius 3 is 2.40 bits per heavy atom. The van der Waals surface area contributed by atoms with Gasteiger partial charge in [-0.05, 0) is 55.6 Å². The van der Waals surface area contributed by atoms with Crippen LogP contribution in [0.4, 0.5) is 5.69 Å². The van der Waals surface area contributed by atoms with E-state index >= 15 is 0 Å². The number of amides is 2. The molecule has 1 saturated carbocycles. The molecule has 2 N–H and O–H groups in total. The number of para-hydroxylation sites is 1. The van der Waals surface area contributed by atoms with Crippen LogP contribution in [-0.4, -0.2) is 65.6 Å². The van der Waals surface area contributed by atoms with Gasteiger partial charge in [0.1, 0.15) is 6.10 Å². The number of hydrogen-bond acceptors (Lipinski definition) is 5. The molecule has 1 aliphatic heterocycles. The third-order valence-electron chi connectivity index (χ3n) is 8.93. The summed E-state index contributed by atoms with van der Waals surface area (Å²) in [6.45, 7) is 5.65. The van der Waals surface area contributed by atoms with Crippen LogP contribution in [0.5, 0.6) is 5.75 Å². The summed E-state index contributed by atoms with van der Waals surface area (Å²) in [5.74, 6) is 0.184. The Morgan fingerprint density at radius 1 is 1.00 bits per heavy atom. The molecule has 3 atom stereocenters. The number of rotatable bonds is 9. The summed E-state index contributed by atoms with van der Waals surface area (Å²) in [4.78, 5) is 31.0. The molecule has 7 heteroatoms. The highest BCUT2D eigenvalue weighted by atomic mass is 16.5. The molecule has 2 amide bonds. The molecule has 0 spiro atoms. The third kappa shape index (κ3) is 7.46. The molecule has 7 nitrogen and oxygen atoms in total. The van der Waals surface area contributed by atoms with E-state index in [1.807, 2.05) is 31.2 Å². The Labute approximate surface area is 255 Å². The Morgan fingerprint density at radius 2 is 1.70 bits per heavy atom. The van der Waals surface area contributed by atoms with Gasteiger partial charge in [-0.1, -0.05) is 86.8 Å². The largest absolute Gasteiger partial charge is 0.486 e. The lowest BCUT2D eigenvalue weighted by molar-refractivity contribution is -0.120. The van der Waals surface area contributed by atoms with Gasteiger partial charge in [0.25, 0.3) is 5.91 Å². The van der Waals surface area contributed by atoms with Crippen LogP contribution in [0.2, 0.25) is 0 Å². The number of fused-ring (bicyclic) bond motifs is 1. The fraction of sp³-hybridized carbons (Fsp3) is 0.444. The Kier molecular flexibility index (Phi) is 10.2. The van der Waals surface area contributed by atoms with Crippen molar-refractivity contribution in [1.29, 1.82) is 0 Å². The molecule has 1 fully saturated rings. The van der Waals surface area contributed by atoms with Gasteiger partial charge in [0.05, 0.1) is 23.9 Å². The van der Waals surface area contributed by atoms with E-state index in [4.69, 9.17) is 4.74 Å². The highest BCUT2D eigenvalue weighted by Gasteiger charge is 2.35. The van der Waals surface area contributed by atoms with Gasteiger partial charge in [-0.2, -0.15) is 0 Å². The molecule has 0 aromatic heterocycles. The summed E-state index contributed by atoms with van der Waals surface area (Å²) < 4.78 is 6.72. The number of carbonyl (C=O) groups is 2. The van der Waals surface area contributed by atoms with Crippen LogP contribution in [0.3, 0.4) is 0 Å². The Bertz CT molecular complexity index is 1370. The van der Waals surface area contributed by atoms with E-state index in [0.717, 1.165) is 32.2 Å². The molecule has 2 aliphatic rings. The van der Waals surface area contributed by atoms with E-state index in [-0.39, 0.29) is 42.4 Å². The second kappa shape index (κ2) is 14.2. The van der Waals surface area contributed by atoms with Gasteiger partial charge in [0, 0.05) is 31.5 Å². The first kappa shape index (κ1) is 30.8. The lowest BCUT2D eigenvalue weighted by Gasteiger charge is -2.38. The number of ether oxygens (including phenoxy) is 1. The van der Waals surface area contributed by atoms with Crippen LogP contribution in [0.1, 0.15) is 61.9 Å². The summed E-state index contributed by atoms with van der Waals surface area (Å²) in [5.41, 5.74) is 4.54. The second-order valence-electron chi connectivity index (χ2n) is 12.4. The molecule has 0 unspecified atom stereocenters. The van der Waals surface area contributed by atoms with Crippen molar-refractivity contribution in [1.82, 2.24) is 9.80 Å². The zero-order chi connectivity index (χ0) is 30.3. The third-order valence-corrected chi connectivity index (χ3v) is 8.93. The van der Waals surface area contributed by atoms with Crippen LogP contribution in [-0.2, 0) is 11.3 Å². The second-order valence-corrected chi connectivity index (χ2v) is 12.4. The first-order chi connectivity index (χ1) is 20.8. The fourth-order valence-electron chi connectivity index (χ4n) is 6.28. The van der Waals surface area contributed by atoms with E-state index in [0.29, 0.717) is 30.1 Å². The van der Waals surface area contributed by atoms with Crippen molar-refractivity contribution in [3.05, 3.63) is 83.9 Å². The average molecular weight is 584 g/mol. The highest BCUT2D eigenvalue weighted by Crippen LogP contribution is 2.36. The molecule has 228 valence electrons. The van der Waals surface area contributed by atoms with Crippen molar-refractivity contribution in [2.75, 3.05) is 32.1 Å². The number of nitrogens with zero attached hydrogens (tertiary/aromatic N) is 2. The number of hydrogen-bond donors (Lipinski definition) is 2.